The number of ether oxygens (including phenoxy) is 2. The van der Waals surface area contributed by atoms with Crippen molar-refractivity contribution in [1.82, 2.24) is 0 Å². The van der Waals surface area contributed by atoms with Gasteiger partial charge in [0, 0.05) is 26.6 Å². The first-order valence-corrected chi connectivity index (χ1v) is 10.8. The van der Waals surface area contributed by atoms with Crippen LogP contribution < -0.4 is 44.1 Å². The monoisotopic (exact) mass is 472 g/mol. The molecule has 0 aliphatic carbocycles. The number of aromatic carboxylic acids is 1. The van der Waals surface area contributed by atoms with Crippen molar-refractivity contribution in [2.24, 2.45) is 0 Å². The minimum absolute atomic E-state index is 0. The van der Waals surface area contributed by atoms with Gasteiger partial charge >= 0.3 is 29.6 Å². The molecule has 156 valence electrons. The van der Waals surface area contributed by atoms with Crippen molar-refractivity contribution in [3.63, 3.8) is 0 Å². The molecule has 0 radical (unpaired) electrons. The minimum Gasteiger partial charge on any atom is -0.545 e. The molecule has 4 rings (SSSR count). The number of rotatable bonds is 7. The minimum atomic E-state index is -1.29. The summed E-state index contributed by atoms with van der Waals surface area (Å²) in [4.78, 5) is 12.5. The molecule has 0 fully saturated rings. The summed E-state index contributed by atoms with van der Waals surface area (Å²) in [5, 5.41) is 14.1. The van der Waals surface area contributed by atoms with E-state index < -0.39 is 5.97 Å². The fourth-order valence-electron chi connectivity index (χ4n) is 3.33. The van der Waals surface area contributed by atoms with Crippen molar-refractivity contribution in [2.75, 3.05) is 7.11 Å². The zero-order valence-electron chi connectivity index (χ0n) is 17.6. The number of benzene rings is 3. The zero-order chi connectivity index (χ0) is 21.8. The van der Waals surface area contributed by atoms with Crippen molar-refractivity contribution in [2.45, 2.75) is 6.61 Å². The Morgan fingerprint density at radius 2 is 1.72 bits per heavy atom. The molecule has 0 aliphatic rings. The Hall–Kier alpha value is -2.28. The molecule has 3 aromatic carbocycles. The van der Waals surface area contributed by atoms with Crippen LogP contribution in [0.5, 0.6) is 11.5 Å². The SMILES string of the molecule is COc1ccc(-c2sccc2-c2cc(Cl)ccc2OCc2ccccc2)cc1C(=O)[O-].[Na+]. The Labute approximate surface area is 217 Å². The van der Waals surface area contributed by atoms with Gasteiger partial charge in [0.2, 0.25) is 0 Å². The van der Waals surface area contributed by atoms with Crippen LogP contribution in [0.15, 0.2) is 78.2 Å². The van der Waals surface area contributed by atoms with E-state index in [1.807, 2.05) is 60.0 Å². The van der Waals surface area contributed by atoms with Gasteiger partial charge in [-0.3, -0.25) is 0 Å². The van der Waals surface area contributed by atoms with Crippen LogP contribution in [0.2, 0.25) is 5.02 Å². The van der Waals surface area contributed by atoms with E-state index in [1.54, 1.807) is 18.2 Å². The van der Waals surface area contributed by atoms with E-state index in [2.05, 4.69) is 0 Å². The standard InChI is InChI=1S/C25H19ClO4S.Na/c1-29-22-9-7-17(13-21(22)25(27)28)24-19(11-12-31-24)20-14-18(26)8-10-23(20)30-15-16-5-3-2-4-6-16;/h2-14H,15H2,1H3,(H,27,28);/q;+1/p-1. The van der Waals surface area contributed by atoms with Gasteiger partial charge in [-0.1, -0.05) is 41.9 Å². The van der Waals surface area contributed by atoms with Gasteiger partial charge in [0.1, 0.15) is 18.1 Å². The van der Waals surface area contributed by atoms with Crippen LogP contribution in [-0.2, 0) is 6.61 Å². The molecule has 0 N–H and O–H groups in total. The summed E-state index contributed by atoms with van der Waals surface area (Å²) in [6.07, 6.45) is 0. The Kier molecular flexibility index (Phi) is 8.40. The van der Waals surface area contributed by atoms with Gasteiger partial charge in [0.05, 0.1) is 13.1 Å². The number of thiophene rings is 1. The molecule has 0 unspecified atom stereocenters. The number of hydrogen-bond donors (Lipinski definition) is 0. The van der Waals surface area contributed by atoms with Gasteiger partial charge in [0.15, 0.2) is 0 Å². The van der Waals surface area contributed by atoms with Crippen molar-refractivity contribution in [3.8, 4) is 33.1 Å². The summed E-state index contributed by atoms with van der Waals surface area (Å²) < 4.78 is 11.3. The number of methoxy groups -OCH3 is 1. The maximum absolute atomic E-state index is 11.6. The Morgan fingerprint density at radius 3 is 2.44 bits per heavy atom. The van der Waals surface area contributed by atoms with Crippen molar-refractivity contribution in [1.29, 1.82) is 0 Å². The largest absolute Gasteiger partial charge is 1.00 e. The first-order valence-electron chi connectivity index (χ1n) is 9.50. The van der Waals surface area contributed by atoms with Gasteiger partial charge in [-0.05, 0) is 59.0 Å². The summed E-state index contributed by atoms with van der Waals surface area (Å²) in [7, 11) is 1.43. The van der Waals surface area contributed by atoms with Crippen LogP contribution in [0.1, 0.15) is 15.9 Å². The third-order valence-corrected chi connectivity index (χ3v) is 6.01. The normalized spacial score (nSPS) is 10.3. The summed E-state index contributed by atoms with van der Waals surface area (Å²) in [5.41, 5.74) is 3.56. The van der Waals surface area contributed by atoms with E-state index in [0.717, 1.165) is 27.1 Å². The molecule has 1 aromatic heterocycles. The van der Waals surface area contributed by atoms with Gasteiger partial charge in [-0.2, -0.15) is 0 Å². The second-order valence-corrected chi connectivity index (χ2v) is 8.13. The number of carboxylic acid groups (broad SMARTS) is 1. The number of halogens is 1. The predicted molar refractivity (Wildman–Crippen MR) is 122 cm³/mol. The van der Waals surface area contributed by atoms with Crippen LogP contribution in [0.4, 0.5) is 0 Å². The molecule has 4 aromatic rings. The quantitative estimate of drug-likeness (QED) is 0.388. The van der Waals surface area contributed by atoms with E-state index in [-0.39, 0.29) is 40.9 Å². The Bertz CT molecular complexity index is 1220. The van der Waals surface area contributed by atoms with Crippen molar-refractivity contribution >= 4 is 28.9 Å². The van der Waals surface area contributed by atoms with E-state index in [9.17, 15) is 9.90 Å². The van der Waals surface area contributed by atoms with Crippen LogP contribution in [0.25, 0.3) is 21.6 Å². The van der Waals surface area contributed by atoms with Crippen LogP contribution in [0.3, 0.4) is 0 Å². The molecule has 0 amide bonds. The van der Waals surface area contributed by atoms with E-state index >= 15 is 0 Å². The van der Waals surface area contributed by atoms with E-state index in [1.165, 1.54) is 18.4 Å². The maximum Gasteiger partial charge on any atom is 1.00 e. The summed E-state index contributed by atoms with van der Waals surface area (Å²) in [6, 6.07) is 22.4. The molecule has 0 aliphatic heterocycles. The average Bonchev–Trinajstić information content (AvgIpc) is 3.28. The molecular formula is C25H18ClNaO4S. The number of hydrogen-bond acceptors (Lipinski definition) is 5. The van der Waals surface area contributed by atoms with Crippen LogP contribution in [0, 0.1) is 0 Å². The summed E-state index contributed by atoms with van der Waals surface area (Å²) in [5.74, 6) is -0.329. The number of carbonyl (C=O) groups excluding carboxylic acids is 1. The summed E-state index contributed by atoms with van der Waals surface area (Å²) in [6.45, 7) is 0.423. The fourth-order valence-corrected chi connectivity index (χ4v) is 4.41. The topological polar surface area (TPSA) is 58.6 Å². The van der Waals surface area contributed by atoms with Gasteiger partial charge in [-0.15, -0.1) is 11.3 Å². The molecule has 0 bridgehead atoms. The molecule has 0 spiro atoms. The molecule has 4 nitrogen and oxygen atoms in total. The Morgan fingerprint density at radius 1 is 0.969 bits per heavy atom. The second kappa shape index (κ2) is 11.0. The van der Waals surface area contributed by atoms with Crippen LogP contribution in [-0.4, -0.2) is 13.1 Å². The predicted octanol–water partition coefficient (Wildman–Crippen LogP) is 2.69. The van der Waals surface area contributed by atoms with E-state index in [0.29, 0.717) is 17.4 Å². The molecule has 0 saturated heterocycles. The second-order valence-electron chi connectivity index (χ2n) is 6.78. The van der Waals surface area contributed by atoms with Crippen molar-refractivity contribution in [3.05, 3.63) is 94.3 Å². The number of carbonyl (C=O) groups is 1. The van der Waals surface area contributed by atoms with Crippen molar-refractivity contribution < 1.29 is 48.9 Å². The zero-order valence-corrected chi connectivity index (χ0v) is 21.2. The smallest absolute Gasteiger partial charge is 0.545 e. The third-order valence-electron chi connectivity index (χ3n) is 4.82. The fraction of sp³-hybridized carbons (Fsp3) is 0.0800. The molecule has 32 heavy (non-hydrogen) atoms. The molecule has 1 heterocycles. The molecule has 7 heteroatoms. The first kappa shape index (κ1) is 24.4. The molecule has 0 saturated carbocycles. The average molecular weight is 473 g/mol. The maximum atomic E-state index is 11.6. The van der Waals surface area contributed by atoms with E-state index in [4.69, 9.17) is 21.1 Å². The first-order chi connectivity index (χ1) is 15.1. The molecular weight excluding hydrogens is 455 g/mol. The Balaban J connectivity index is 0.00000289. The van der Waals surface area contributed by atoms with Gasteiger partial charge in [-0.25, -0.2) is 0 Å². The van der Waals surface area contributed by atoms with Gasteiger partial charge < -0.3 is 19.4 Å². The van der Waals surface area contributed by atoms with Gasteiger partial charge in [0.25, 0.3) is 0 Å². The third kappa shape index (κ3) is 5.37. The molecule has 0 atom stereocenters. The van der Waals surface area contributed by atoms with Crippen LogP contribution >= 0.6 is 22.9 Å². The summed E-state index contributed by atoms with van der Waals surface area (Å²) >= 11 is 7.81. The number of carboxylic acids is 1.